The van der Waals surface area contributed by atoms with Crippen LogP contribution in [0.25, 0.3) is 0 Å². The highest BCUT2D eigenvalue weighted by atomic mass is 79.9. The molecule has 1 N–H and O–H groups in total. The highest BCUT2D eigenvalue weighted by Crippen LogP contribution is 2.30. The van der Waals surface area contributed by atoms with Gasteiger partial charge in [-0.2, -0.15) is 0 Å². The van der Waals surface area contributed by atoms with Gasteiger partial charge in [0.15, 0.2) is 0 Å². The van der Waals surface area contributed by atoms with Crippen molar-refractivity contribution in [3.05, 3.63) is 16.0 Å². The molecule has 0 aliphatic carbocycles. The Kier molecular flexibility index (Phi) is 6.19. The highest BCUT2D eigenvalue weighted by molar-refractivity contribution is 9.10. The normalized spacial score (nSPS) is 16.4. The zero-order chi connectivity index (χ0) is 14.4. The van der Waals surface area contributed by atoms with Crippen LogP contribution in [0.4, 0.5) is 5.82 Å². The summed E-state index contributed by atoms with van der Waals surface area (Å²) in [6.07, 6.45) is 3.03. The number of anilines is 1. The summed E-state index contributed by atoms with van der Waals surface area (Å²) in [6, 6.07) is 0. The summed E-state index contributed by atoms with van der Waals surface area (Å²) < 4.78 is 11.6. The Morgan fingerprint density at radius 2 is 2.10 bits per heavy atom. The lowest BCUT2D eigenvalue weighted by atomic mass is 9.99. The van der Waals surface area contributed by atoms with Crippen LogP contribution in [0.5, 0.6) is 0 Å². The number of rotatable bonds is 6. The molecule has 1 aliphatic rings. The largest absolute Gasteiger partial charge is 0.381 e. The SMILES string of the molecule is CCCNc1nc(C2CCOCC2)nc(COC)c1Br. The summed E-state index contributed by atoms with van der Waals surface area (Å²) in [7, 11) is 1.68. The first-order valence-electron chi connectivity index (χ1n) is 7.13. The molecule has 6 heteroatoms. The summed E-state index contributed by atoms with van der Waals surface area (Å²) >= 11 is 3.58. The third-order valence-electron chi connectivity index (χ3n) is 3.35. The van der Waals surface area contributed by atoms with E-state index in [2.05, 4.69) is 33.2 Å². The summed E-state index contributed by atoms with van der Waals surface area (Å²) in [5.74, 6) is 2.16. The van der Waals surface area contributed by atoms with Crippen LogP contribution >= 0.6 is 15.9 Å². The molecule has 0 bridgehead atoms. The van der Waals surface area contributed by atoms with Crippen LogP contribution in [0.3, 0.4) is 0 Å². The van der Waals surface area contributed by atoms with Crippen LogP contribution in [-0.2, 0) is 16.1 Å². The van der Waals surface area contributed by atoms with Gasteiger partial charge >= 0.3 is 0 Å². The lowest BCUT2D eigenvalue weighted by molar-refractivity contribution is 0.0834. The van der Waals surface area contributed by atoms with E-state index >= 15 is 0 Å². The van der Waals surface area contributed by atoms with E-state index in [1.54, 1.807) is 7.11 Å². The topological polar surface area (TPSA) is 56.3 Å². The molecule has 0 aromatic carbocycles. The van der Waals surface area contributed by atoms with Crippen LogP contribution < -0.4 is 5.32 Å². The molecular formula is C14H22BrN3O2. The lowest BCUT2D eigenvalue weighted by Gasteiger charge is -2.22. The van der Waals surface area contributed by atoms with E-state index in [1.807, 2.05) is 0 Å². The fourth-order valence-electron chi connectivity index (χ4n) is 2.24. The second kappa shape index (κ2) is 7.90. The van der Waals surface area contributed by atoms with Crippen molar-refractivity contribution in [3.63, 3.8) is 0 Å². The van der Waals surface area contributed by atoms with E-state index in [0.29, 0.717) is 12.5 Å². The average molecular weight is 344 g/mol. The second-order valence-electron chi connectivity index (χ2n) is 4.94. The third-order valence-corrected chi connectivity index (χ3v) is 4.18. The Morgan fingerprint density at radius 1 is 1.35 bits per heavy atom. The van der Waals surface area contributed by atoms with E-state index in [-0.39, 0.29) is 0 Å². The Morgan fingerprint density at radius 3 is 2.75 bits per heavy atom. The van der Waals surface area contributed by atoms with Crippen LogP contribution in [0, 0.1) is 0 Å². The first kappa shape index (κ1) is 15.7. The predicted molar refractivity (Wildman–Crippen MR) is 82.0 cm³/mol. The third kappa shape index (κ3) is 3.90. The van der Waals surface area contributed by atoms with Crippen molar-refractivity contribution in [1.82, 2.24) is 9.97 Å². The summed E-state index contributed by atoms with van der Waals surface area (Å²) in [5.41, 5.74) is 0.905. The number of aromatic nitrogens is 2. The number of halogens is 1. The Hall–Kier alpha value is -0.720. The smallest absolute Gasteiger partial charge is 0.144 e. The van der Waals surface area contributed by atoms with Crippen LogP contribution in [0.2, 0.25) is 0 Å². The van der Waals surface area contributed by atoms with Gasteiger partial charge in [0.05, 0.1) is 16.8 Å². The van der Waals surface area contributed by atoms with E-state index in [1.165, 1.54) is 0 Å². The van der Waals surface area contributed by atoms with Crippen LogP contribution in [0.15, 0.2) is 4.47 Å². The molecule has 0 saturated carbocycles. The molecule has 0 unspecified atom stereocenters. The van der Waals surface area contributed by atoms with Gasteiger partial charge < -0.3 is 14.8 Å². The van der Waals surface area contributed by atoms with Crippen molar-refractivity contribution in [2.75, 3.05) is 32.2 Å². The Labute approximate surface area is 128 Å². The lowest BCUT2D eigenvalue weighted by Crippen LogP contribution is -2.18. The molecule has 112 valence electrons. The van der Waals surface area contributed by atoms with Crippen molar-refractivity contribution < 1.29 is 9.47 Å². The summed E-state index contributed by atoms with van der Waals surface area (Å²) in [6.45, 7) is 5.11. The van der Waals surface area contributed by atoms with Gasteiger partial charge in [-0.15, -0.1) is 0 Å². The van der Waals surface area contributed by atoms with E-state index < -0.39 is 0 Å². The maximum atomic E-state index is 5.41. The molecule has 2 heterocycles. The molecule has 0 spiro atoms. The van der Waals surface area contributed by atoms with E-state index in [9.17, 15) is 0 Å². The number of nitrogens with one attached hydrogen (secondary N) is 1. The summed E-state index contributed by atoms with van der Waals surface area (Å²) in [5, 5.41) is 3.36. The fourth-order valence-corrected chi connectivity index (χ4v) is 2.68. The summed E-state index contributed by atoms with van der Waals surface area (Å²) in [4.78, 5) is 9.37. The Bertz CT molecular complexity index is 437. The van der Waals surface area contributed by atoms with E-state index in [4.69, 9.17) is 14.5 Å². The molecule has 0 radical (unpaired) electrons. The van der Waals surface area contributed by atoms with Gasteiger partial charge in [0.25, 0.3) is 0 Å². The highest BCUT2D eigenvalue weighted by Gasteiger charge is 2.21. The zero-order valence-electron chi connectivity index (χ0n) is 12.1. The van der Waals surface area contributed by atoms with Gasteiger partial charge in [0, 0.05) is 32.8 Å². The van der Waals surface area contributed by atoms with Gasteiger partial charge in [-0.3, -0.25) is 0 Å². The molecule has 2 rings (SSSR count). The van der Waals surface area contributed by atoms with E-state index in [0.717, 1.165) is 60.8 Å². The zero-order valence-corrected chi connectivity index (χ0v) is 13.7. The van der Waals surface area contributed by atoms with Crippen LogP contribution in [0.1, 0.15) is 43.6 Å². The monoisotopic (exact) mass is 343 g/mol. The van der Waals surface area contributed by atoms with Gasteiger partial charge in [0.1, 0.15) is 11.6 Å². The van der Waals surface area contributed by atoms with Gasteiger partial charge in [0.2, 0.25) is 0 Å². The first-order chi connectivity index (χ1) is 9.76. The molecule has 1 aromatic rings. The quantitative estimate of drug-likeness (QED) is 0.859. The number of hydrogen-bond donors (Lipinski definition) is 1. The molecule has 1 saturated heterocycles. The molecule has 0 atom stereocenters. The number of hydrogen-bond acceptors (Lipinski definition) is 5. The van der Waals surface area contributed by atoms with Gasteiger partial charge in [-0.1, -0.05) is 6.92 Å². The molecular weight excluding hydrogens is 322 g/mol. The number of methoxy groups -OCH3 is 1. The molecule has 20 heavy (non-hydrogen) atoms. The molecule has 1 aliphatic heterocycles. The predicted octanol–water partition coefficient (Wildman–Crippen LogP) is 3.10. The Balaban J connectivity index is 2.27. The maximum Gasteiger partial charge on any atom is 0.144 e. The molecule has 5 nitrogen and oxygen atoms in total. The number of nitrogens with zero attached hydrogens (tertiary/aromatic N) is 2. The molecule has 1 aromatic heterocycles. The minimum absolute atomic E-state index is 0.384. The minimum atomic E-state index is 0.384. The van der Waals surface area contributed by atoms with Crippen molar-refractivity contribution in [2.24, 2.45) is 0 Å². The van der Waals surface area contributed by atoms with Crippen molar-refractivity contribution in [2.45, 2.75) is 38.7 Å². The van der Waals surface area contributed by atoms with Gasteiger partial charge in [-0.05, 0) is 35.2 Å². The standard InChI is InChI=1S/C14H22BrN3O2/c1-3-6-16-14-12(15)11(9-19-2)17-13(18-14)10-4-7-20-8-5-10/h10H,3-9H2,1-2H3,(H,16,17,18). The first-order valence-corrected chi connectivity index (χ1v) is 7.92. The fraction of sp³-hybridized carbons (Fsp3) is 0.714. The average Bonchev–Trinajstić information content (AvgIpc) is 2.49. The van der Waals surface area contributed by atoms with Crippen LogP contribution in [-0.4, -0.2) is 36.8 Å². The van der Waals surface area contributed by atoms with Crippen molar-refractivity contribution >= 4 is 21.7 Å². The van der Waals surface area contributed by atoms with Crippen molar-refractivity contribution in [3.8, 4) is 0 Å². The minimum Gasteiger partial charge on any atom is -0.381 e. The maximum absolute atomic E-state index is 5.41. The van der Waals surface area contributed by atoms with Crippen molar-refractivity contribution in [1.29, 1.82) is 0 Å². The van der Waals surface area contributed by atoms with Gasteiger partial charge in [-0.25, -0.2) is 9.97 Å². The second-order valence-corrected chi connectivity index (χ2v) is 5.73. The number of ether oxygens (including phenoxy) is 2. The molecule has 1 fully saturated rings. The molecule has 0 amide bonds.